The SMILES string of the molecule is CCC(C)(CN)N1CCN2CCC1C2. The second kappa shape index (κ2) is 3.80. The first-order valence-electron chi connectivity index (χ1n) is 5.89. The Balaban J connectivity index is 2.09. The lowest BCUT2D eigenvalue weighted by atomic mass is 9.93. The van der Waals surface area contributed by atoms with E-state index in [4.69, 9.17) is 5.73 Å². The number of nitrogens with two attached hydrogens (primary N) is 1. The van der Waals surface area contributed by atoms with E-state index in [2.05, 4.69) is 23.6 Å². The van der Waals surface area contributed by atoms with Crippen LogP contribution in [0.15, 0.2) is 0 Å². The van der Waals surface area contributed by atoms with Crippen molar-refractivity contribution in [1.82, 2.24) is 9.80 Å². The molecule has 2 bridgehead atoms. The Morgan fingerprint density at radius 1 is 1.36 bits per heavy atom. The molecule has 3 nitrogen and oxygen atoms in total. The van der Waals surface area contributed by atoms with Crippen LogP contribution >= 0.6 is 0 Å². The lowest BCUT2D eigenvalue weighted by Gasteiger charge is -2.46. The van der Waals surface area contributed by atoms with E-state index in [9.17, 15) is 0 Å². The maximum Gasteiger partial charge on any atom is 0.0305 e. The minimum Gasteiger partial charge on any atom is -0.329 e. The Bertz CT molecular complexity index is 201. The van der Waals surface area contributed by atoms with Gasteiger partial charge in [-0.1, -0.05) is 6.92 Å². The van der Waals surface area contributed by atoms with Gasteiger partial charge in [-0.25, -0.2) is 0 Å². The summed E-state index contributed by atoms with van der Waals surface area (Å²) >= 11 is 0. The minimum absolute atomic E-state index is 0.237. The number of hydrogen-bond donors (Lipinski definition) is 1. The molecule has 2 aliphatic heterocycles. The van der Waals surface area contributed by atoms with E-state index in [-0.39, 0.29) is 5.54 Å². The molecule has 82 valence electrons. The van der Waals surface area contributed by atoms with Crippen LogP contribution in [-0.4, -0.2) is 54.1 Å². The molecule has 3 unspecified atom stereocenters. The molecule has 3 atom stereocenters. The molecule has 0 aliphatic carbocycles. The van der Waals surface area contributed by atoms with Gasteiger partial charge in [0.15, 0.2) is 0 Å². The molecule has 2 N–H and O–H groups in total. The molecule has 0 aromatic carbocycles. The van der Waals surface area contributed by atoms with Gasteiger partial charge < -0.3 is 10.6 Å². The van der Waals surface area contributed by atoms with Gasteiger partial charge >= 0.3 is 0 Å². The Morgan fingerprint density at radius 2 is 2.14 bits per heavy atom. The molecule has 2 heterocycles. The summed E-state index contributed by atoms with van der Waals surface area (Å²) in [5.74, 6) is 0. The molecule has 2 rings (SSSR count). The molecule has 0 aromatic heterocycles. The highest BCUT2D eigenvalue weighted by Gasteiger charge is 2.40. The van der Waals surface area contributed by atoms with Gasteiger partial charge in [-0.2, -0.15) is 0 Å². The van der Waals surface area contributed by atoms with Crippen LogP contribution in [0, 0.1) is 0 Å². The van der Waals surface area contributed by atoms with Gasteiger partial charge in [0, 0.05) is 37.8 Å². The first-order valence-corrected chi connectivity index (χ1v) is 5.89. The van der Waals surface area contributed by atoms with Crippen LogP contribution in [0.1, 0.15) is 26.7 Å². The number of rotatable bonds is 3. The first-order chi connectivity index (χ1) is 6.69. The zero-order valence-electron chi connectivity index (χ0n) is 9.50. The maximum atomic E-state index is 5.92. The zero-order valence-corrected chi connectivity index (χ0v) is 9.50. The van der Waals surface area contributed by atoms with Gasteiger partial charge in [-0.05, 0) is 26.3 Å². The highest BCUT2D eigenvalue weighted by molar-refractivity contribution is 4.97. The molecular formula is C11H23N3. The van der Waals surface area contributed by atoms with Crippen LogP contribution in [-0.2, 0) is 0 Å². The predicted molar refractivity (Wildman–Crippen MR) is 59.3 cm³/mol. The molecular weight excluding hydrogens is 174 g/mol. The highest BCUT2D eigenvalue weighted by Crippen LogP contribution is 2.29. The maximum absolute atomic E-state index is 5.92. The zero-order chi connectivity index (χ0) is 10.2. The fraction of sp³-hybridized carbons (Fsp3) is 1.00. The Morgan fingerprint density at radius 3 is 2.79 bits per heavy atom. The summed E-state index contributed by atoms with van der Waals surface area (Å²) in [6, 6.07) is 0.775. The van der Waals surface area contributed by atoms with E-state index in [0.717, 1.165) is 12.6 Å². The second-order valence-electron chi connectivity index (χ2n) is 4.99. The summed E-state index contributed by atoms with van der Waals surface area (Å²) in [5.41, 5.74) is 6.16. The fourth-order valence-corrected chi connectivity index (χ4v) is 2.88. The first kappa shape index (κ1) is 10.4. The van der Waals surface area contributed by atoms with E-state index in [0.29, 0.717) is 0 Å². The minimum atomic E-state index is 0.237. The van der Waals surface area contributed by atoms with Crippen LogP contribution < -0.4 is 5.73 Å². The summed E-state index contributed by atoms with van der Waals surface area (Å²) in [5, 5.41) is 0. The van der Waals surface area contributed by atoms with E-state index in [1.807, 2.05) is 0 Å². The molecule has 2 fully saturated rings. The summed E-state index contributed by atoms with van der Waals surface area (Å²) < 4.78 is 0. The van der Waals surface area contributed by atoms with Gasteiger partial charge in [0.05, 0.1) is 0 Å². The van der Waals surface area contributed by atoms with Crippen LogP contribution in [0.5, 0.6) is 0 Å². The average molecular weight is 197 g/mol. The van der Waals surface area contributed by atoms with E-state index >= 15 is 0 Å². The molecule has 0 aromatic rings. The standard InChI is InChI=1S/C11H23N3/c1-3-11(2,9-12)14-7-6-13-5-4-10(14)8-13/h10H,3-9,12H2,1-2H3. The Labute approximate surface area is 87.2 Å². The molecule has 2 saturated heterocycles. The normalized spacial score (nSPS) is 37.1. The van der Waals surface area contributed by atoms with Crippen LogP contribution in [0.25, 0.3) is 0 Å². The van der Waals surface area contributed by atoms with Crippen molar-refractivity contribution in [1.29, 1.82) is 0 Å². The van der Waals surface area contributed by atoms with Gasteiger partial charge in [-0.15, -0.1) is 0 Å². The number of nitrogens with zero attached hydrogens (tertiary/aromatic N) is 2. The van der Waals surface area contributed by atoms with Crippen molar-refractivity contribution in [3.05, 3.63) is 0 Å². The summed E-state index contributed by atoms with van der Waals surface area (Å²) in [6.07, 6.45) is 2.51. The Hall–Kier alpha value is -0.120. The monoisotopic (exact) mass is 197 g/mol. The molecule has 3 heteroatoms. The van der Waals surface area contributed by atoms with E-state index < -0.39 is 0 Å². The van der Waals surface area contributed by atoms with E-state index in [1.165, 1.54) is 39.0 Å². The number of piperazine rings is 1. The third-order valence-corrected chi connectivity index (χ3v) is 4.24. The molecule has 0 saturated carbocycles. The van der Waals surface area contributed by atoms with Gasteiger partial charge in [-0.3, -0.25) is 4.90 Å². The molecule has 14 heavy (non-hydrogen) atoms. The smallest absolute Gasteiger partial charge is 0.0305 e. The number of fused-ring (bicyclic) bond motifs is 2. The summed E-state index contributed by atoms with van der Waals surface area (Å²) in [7, 11) is 0. The summed E-state index contributed by atoms with van der Waals surface area (Å²) in [4.78, 5) is 5.24. The van der Waals surface area contributed by atoms with Gasteiger partial charge in [0.1, 0.15) is 0 Å². The highest BCUT2D eigenvalue weighted by atomic mass is 15.3. The topological polar surface area (TPSA) is 32.5 Å². The number of hydrogen-bond acceptors (Lipinski definition) is 3. The van der Waals surface area contributed by atoms with E-state index in [1.54, 1.807) is 0 Å². The molecule has 0 radical (unpaired) electrons. The quantitative estimate of drug-likeness (QED) is 0.715. The van der Waals surface area contributed by atoms with Crippen LogP contribution in [0.2, 0.25) is 0 Å². The van der Waals surface area contributed by atoms with Gasteiger partial charge in [0.2, 0.25) is 0 Å². The third-order valence-electron chi connectivity index (χ3n) is 4.24. The third kappa shape index (κ3) is 1.58. The second-order valence-corrected chi connectivity index (χ2v) is 4.99. The Kier molecular flexibility index (Phi) is 2.82. The van der Waals surface area contributed by atoms with Crippen molar-refractivity contribution in [3.63, 3.8) is 0 Å². The van der Waals surface area contributed by atoms with Crippen molar-refractivity contribution in [3.8, 4) is 0 Å². The molecule has 0 spiro atoms. The van der Waals surface area contributed by atoms with Gasteiger partial charge in [0.25, 0.3) is 0 Å². The van der Waals surface area contributed by atoms with Crippen LogP contribution in [0.3, 0.4) is 0 Å². The lowest BCUT2D eigenvalue weighted by molar-refractivity contribution is 0.0312. The largest absolute Gasteiger partial charge is 0.329 e. The van der Waals surface area contributed by atoms with Crippen molar-refractivity contribution >= 4 is 0 Å². The van der Waals surface area contributed by atoms with Crippen molar-refractivity contribution in [2.45, 2.75) is 38.3 Å². The average Bonchev–Trinajstić information content (AvgIpc) is 2.59. The lowest BCUT2D eigenvalue weighted by Crippen LogP contribution is -2.60. The predicted octanol–water partition coefficient (Wildman–Crippen LogP) is 0.504. The molecule has 2 aliphatic rings. The van der Waals surface area contributed by atoms with Crippen molar-refractivity contribution in [2.75, 3.05) is 32.7 Å². The van der Waals surface area contributed by atoms with Crippen molar-refractivity contribution in [2.24, 2.45) is 5.73 Å². The summed E-state index contributed by atoms with van der Waals surface area (Å²) in [6.45, 7) is 10.4. The molecule has 0 amide bonds. The van der Waals surface area contributed by atoms with Crippen molar-refractivity contribution < 1.29 is 0 Å². The fourth-order valence-electron chi connectivity index (χ4n) is 2.88. The van der Waals surface area contributed by atoms with Crippen LogP contribution in [0.4, 0.5) is 0 Å².